The van der Waals surface area contributed by atoms with Gasteiger partial charge in [-0.15, -0.1) is 0 Å². The molecule has 1 fully saturated rings. The van der Waals surface area contributed by atoms with Crippen LogP contribution < -0.4 is 5.32 Å². The van der Waals surface area contributed by atoms with Gasteiger partial charge in [0.15, 0.2) is 9.84 Å². The molecule has 0 radical (unpaired) electrons. The molecule has 1 aromatic carbocycles. The Balaban J connectivity index is 2.23. The number of ether oxygens (including phenoxy) is 1. The van der Waals surface area contributed by atoms with E-state index in [4.69, 9.17) is 4.74 Å². The molecule has 4 nitrogen and oxygen atoms in total. The lowest BCUT2D eigenvalue weighted by molar-refractivity contribution is -0.0795. The third-order valence-corrected chi connectivity index (χ3v) is 6.46. The van der Waals surface area contributed by atoms with Crippen LogP contribution in [0, 0.1) is 5.41 Å². The van der Waals surface area contributed by atoms with E-state index in [0.29, 0.717) is 17.0 Å². The third kappa shape index (κ3) is 3.09. The van der Waals surface area contributed by atoms with Crippen LogP contribution in [0.2, 0.25) is 0 Å². The van der Waals surface area contributed by atoms with Crippen LogP contribution in [0.4, 0.5) is 5.69 Å². The van der Waals surface area contributed by atoms with Crippen molar-refractivity contribution in [3.05, 3.63) is 24.3 Å². The number of anilines is 1. The predicted molar refractivity (Wildman–Crippen MR) is 85.4 cm³/mol. The van der Waals surface area contributed by atoms with Crippen LogP contribution in [0.3, 0.4) is 0 Å². The van der Waals surface area contributed by atoms with Gasteiger partial charge in [0.2, 0.25) is 0 Å². The minimum atomic E-state index is -3.22. The second kappa shape index (κ2) is 5.97. The van der Waals surface area contributed by atoms with E-state index < -0.39 is 9.84 Å². The Labute approximate surface area is 127 Å². The number of benzene rings is 1. The first-order valence-electron chi connectivity index (χ1n) is 7.44. The van der Waals surface area contributed by atoms with Gasteiger partial charge in [-0.05, 0) is 25.0 Å². The number of hydrogen-bond acceptors (Lipinski definition) is 4. The molecule has 0 amide bonds. The summed E-state index contributed by atoms with van der Waals surface area (Å²) < 4.78 is 30.2. The van der Waals surface area contributed by atoms with Gasteiger partial charge in [0.25, 0.3) is 0 Å². The Hall–Kier alpha value is -1.07. The number of methoxy groups -OCH3 is 1. The Bertz CT molecular complexity index is 595. The summed E-state index contributed by atoms with van der Waals surface area (Å²) in [6.07, 6.45) is 1.73. The molecule has 1 aliphatic rings. The Morgan fingerprint density at radius 2 is 2.00 bits per heavy atom. The van der Waals surface area contributed by atoms with Gasteiger partial charge in [0.05, 0.1) is 22.4 Å². The standard InChI is InChI=1S/C16H25NO3S/c1-5-10-21(18,19)13-9-7-6-8-12(13)17-14-11-15(20-4)16(14,2)3/h6-9,14-15,17H,5,10-11H2,1-4H3. The quantitative estimate of drug-likeness (QED) is 0.877. The van der Waals surface area contributed by atoms with E-state index in [-0.39, 0.29) is 23.3 Å². The lowest BCUT2D eigenvalue weighted by atomic mass is 9.64. The van der Waals surface area contributed by atoms with Crippen molar-refractivity contribution in [1.29, 1.82) is 0 Å². The Kier molecular flexibility index (Phi) is 4.63. The summed E-state index contributed by atoms with van der Waals surface area (Å²) >= 11 is 0. The van der Waals surface area contributed by atoms with Crippen molar-refractivity contribution in [2.75, 3.05) is 18.2 Å². The molecule has 118 valence electrons. The first kappa shape index (κ1) is 16.3. The molecule has 0 bridgehead atoms. The van der Waals surface area contributed by atoms with Crippen LogP contribution >= 0.6 is 0 Å². The van der Waals surface area contributed by atoms with Gasteiger partial charge in [0, 0.05) is 18.6 Å². The third-order valence-electron chi connectivity index (χ3n) is 4.49. The van der Waals surface area contributed by atoms with Gasteiger partial charge in [-0.1, -0.05) is 32.9 Å². The van der Waals surface area contributed by atoms with Gasteiger partial charge < -0.3 is 10.1 Å². The molecular weight excluding hydrogens is 286 g/mol. The molecule has 5 heteroatoms. The van der Waals surface area contributed by atoms with E-state index in [1.165, 1.54) is 0 Å². The fourth-order valence-electron chi connectivity index (χ4n) is 2.95. The molecule has 1 N–H and O–H groups in total. The summed E-state index contributed by atoms with van der Waals surface area (Å²) in [5.41, 5.74) is 0.703. The van der Waals surface area contributed by atoms with Gasteiger partial charge in [0.1, 0.15) is 0 Å². The number of rotatable bonds is 6. The largest absolute Gasteiger partial charge is 0.381 e. The molecule has 1 aromatic rings. The van der Waals surface area contributed by atoms with E-state index in [1.54, 1.807) is 19.2 Å². The highest BCUT2D eigenvalue weighted by molar-refractivity contribution is 7.91. The Morgan fingerprint density at radius 1 is 1.33 bits per heavy atom. The van der Waals surface area contributed by atoms with Crippen LogP contribution in [-0.4, -0.2) is 33.4 Å². The number of para-hydroxylation sites is 1. The van der Waals surface area contributed by atoms with E-state index in [1.807, 2.05) is 19.1 Å². The first-order valence-corrected chi connectivity index (χ1v) is 9.09. The molecule has 0 spiro atoms. The molecule has 2 atom stereocenters. The maximum Gasteiger partial charge on any atom is 0.180 e. The van der Waals surface area contributed by atoms with Crippen LogP contribution in [0.15, 0.2) is 29.2 Å². The minimum absolute atomic E-state index is 0.00359. The van der Waals surface area contributed by atoms with Crippen LogP contribution in [0.1, 0.15) is 33.6 Å². The molecule has 0 heterocycles. The lowest BCUT2D eigenvalue weighted by Gasteiger charge is -2.51. The summed E-state index contributed by atoms with van der Waals surface area (Å²) in [7, 11) is -1.50. The van der Waals surface area contributed by atoms with Gasteiger partial charge in [-0.2, -0.15) is 0 Å². The molecule has 2 unspecified atom stereocenters. The zero-order valence-electron chi connectivity index (χ0n) is 13.2. The van der Waals surface area contributed by atoms with Gasteiger partial charge in [-0.3, -0.25) is 0 Å². The number of sulfone groups is 1. The topological polar surface area (TPSA) is 55.4 Å². The molecule has 0 aromatic heterocycles. The SMILES string of the molecule is CCCS(=O)(=O)c1ccccc1NC1CC(OC)C1(C)C. The molecule has 0 aliphatic heterocycles. The normalized spacial score (nSPS) is 24.4. The zero-order chi connectivity index (χ0) is 15.7. The maximum atomic E-state index is 12.4. The van der Waals surface area contributed by atoms with Gasteiger partial charge >= 0.3 is 0 Å². The summed E-state index contributed by atoms with van der Waals surface area (Å²) in [4.78, 5) is 0.406. The Morgan fingerprint density at radius 3 is 2.57 bits per heavy atom. The minimum Gasteiger partial charge on any atom is -0.381 e. The van der Waals surface area contributed by atoms with Gasteiger partial charge in [-0.25, -0.2) is 8.42 Å². The summed E-state index contributed by atoms with van der Waals surface area (Å²) in [5, 5.41) is 3.41. The van der Waals surface area contributed by atoms with Crippen molar-refractivity contribution < 1.29 is 13.2 Å². The highest BCUT2D eigenvalue weighted by atomic mass is 32.2. The zero-order valence-corrected chi connectivity index (χ0v) is 14.0. The van der Waals surface area contributed by atoms with Crippen molar-refractivity contribution in [1.82, 2.24) is 0 Å². The summed E-state index contributed by atoms with van der Waals surface area (Å²) in [5.74, 6) is 0.181. The molecular formula is C16H25NO3S. The monoisotopic (exact) mass is 311 g/mol. The molecule has 0 saturated heterocycles. The second-order valence-electron chi connectivity index (χ2n) is 6.29. The van der Waals surface area contributed by atoms with E-state index in [9.17, 15) is 8.42 Å². The number of nitrogens with one attached hydrogen (secondary N) is 1. The highest BCUT2D eigenvalue weighted by Gasteiger charge is 2.48. The average Bonchev–Trinajstić information content (AvgIpc) is 2.43. The van der Waals surface area contributed by atoms with E-state index >= 15 is 0 Å². The van der Waals surface area contributed by atoms with Crippen molar-refractivity contribution in [3.8, 4) is 0 Å². The fourth-order valence-corrected chi connectivity index (χ4v) is 4.46. The van der Waals surface area contributed by atoms with Crippen molar-refractivity contribution in [2.24, 2.45) is 5.41 Å². The molecule has 2 rings (SSSR count). The molecule has 1 aliphatic carbocycles. The molecule has 21 heavy (non-hydrogen) atoms. The summed E-state index contributed by atoms with van der Waals surface area (Å²) in [6.45, 7) is 6.17. The highest BCUT2D eigenvalue weighted by Crippen LogP contribution is 2.44. The number of hydrogen-bond donors (Lipinski definition) is 1. The van der Waals surface area contributed by atoms with E-state index in [2.05, 4.69) is 19.2 Å². The van der Waals surface area contributed by atoms with E-state index in [0.717, 1.165) is 6.42 Å². The lowest BCUT2D eigenvalue weighted by Crippen LogP contribution is -2.57. The van der Waals surface area contributed by atoms with Crippen molar-refractivity contribution in [3.63, 3.8) is 0 Å². The maximum absolute atomic E-state index is 12.4. The molecule has 1 saturated carbocycles. The smallest absolute Gasteiger partial charge is 0.180 e. The van der Waals surface area contributed by atoms with Crippen molar-refractivity contribution in [2.45, 2.75) is 50.7 Å². The van der Waals surface area contributed by atoms with Crippen LogP contribution in [-0.2, 0) is 14.6 Å². The fraction of sp³-hybridized carbons (Fsp3) is 0.625. The van der Waals surface area contributed by atoms with Crippen LogP contribution in [0.5, 0.6) is 0 Å². The predicted octanol–water partition coefficient (Wildman–Crippen LogP) is 3.10. The average molecular weight is 311 g/mol. The first-order chi connectivity index (χ1) is 9.82. The second-order valence-corrected chi connectivity index (χ2v) is 8.37. The summed E-state index contributed by atoms with van der Waals surface area (Å²) in [6, 6.07) is 7.40. The van der Waals surface area contributed by atoms with Crippen LogP contribution in [0.25, 0.3) is 0 Å². The van der Waals surface area contributed by atoms with Crippen molar-refractivity contribution >= 4 is 15.5 Å².